The highest BCUT2D eigenvalue weighted by Gasteiger charge is 2.27. The van der Waals surface area contributed by atoms with Crippen molar-refractivity contribution in [3.05, 3.63) is 53.8 Å². The van der Waals surface area contributed by atoms with Gasteiger partial charge in [0.1, 0.15) is 11.9 Å². The number of nitrogens with two attached hydrogens (primary N) is 1. The number of nitrogens with one attached hydrogen (secondary N) is 2. The van der Waals surface area contributed by atoms with Gasteiger partial charge in [-0.3, -0.25) is 10.1 Å². The zero-order valence-electron chi connectivity index (χ0n) is 14.9. The number of rotatable bonds is 3. The van der Waals surface area contributed by atoms with Crippen LogP contribution in [0.25, 0.3) is 0 Å². The van der Waals surface area contributed by atoms with Crippen LogP contribution in [0, 0.1) is 5.82 Å². The van der Waals surface area contributed by atoms with E-state index in [0.29, 0.717) is 12.2 Å². The van der Waals surface area contributed by atoms with Crippen LogP contribution in [0.4, 0.5) is 26.2 Å². The lowest BCUT2D eigenvalue weighted by atomic mass is 9.98. The molecule has 4 N–H and O–H groups in total. The molecule has 0 radical (unpaired) electrons. The summed E-state index contributed by atoms with van der Waals surface area (Å²) >= 11 is 0. The van der Waals surface area contributed by atoms with Crippen LogP contribution in [-0.4, -0.2) is 24.5 Å². The van der Waals surface area contributed by atoms with Crippen LogP contribution in [0.3, 0.4) is 0 Å². The van der Waals surface area contributed by atoms with Gasteiger partial charge < -0.3 is 16.0 Å². The number of benzene rings is 2. The average molecular weight is 393 g/mol. The predicted octanol–water partition coefficient (Wildman–Crippen LogP) is 3.32. The monoisotopic (exact) mass is 392 g/mol. The van der Waals surface area contributed by atoms with Crippen molar-refractivity contribution in [3.63, 3.8) is 0 Å². The van der Waals surface area contributed by atoms with Crippen molar-refractivity contribution in [3.8, 4) is 0 Å². The van der Waals surface area contributed by atoms with Crippen LogP contribution in [-0.2, 0) is 11.2 Å². The lowest BCUT2D eigenvalue weighted by molar-refractivity contribution is -0.120. The molecule has 2 aromatic carbocycles. The number of carbonyl (C=O) groups excluding carboxylic acids is 2. The van der Waals surface area contributed by atoms with E-state index >= 15 is 0 Å². The molecule has 1 atom stereocenters. The summed E-state index contributed by atoms with van der Waals surface area (Å²) < 4.78 is 13.6. The van der Waals surface area contributed by atoms with Crippen molar-refractivity contribution in [1.29, 1.82) is 0 Å². The summed E-state index contributed by atoms with van der Waals surface area (Å²) in [6.07, 6.45) is 1.74. The first-order chi connectivity index (χ1) is 12.5. The Balaban J connectivity index is 0.00000261. The zero-order chi connectivity index (χ0) is 18.7. The number of urea groups is 1. The highest BCUT2D eigenvalue weighted by atomic mass is 35.5. The Morgan fingerprint density at radius 1 is 1.19 bits per heavy atom. The molecule has 0 bridgehead atoms. The smallest absolute Gasteiger partial charge is 0.326 e. The van der Waals surface area contributed by atoms with Crippen molar-refractivity contribution >= 4 is 41.4 Å². The second kappa shape index (κ2) is 8.73. The molecule has 3 rings (SSSR count). The molecule has 1 heterocycles. The molecule has 0 saturated carbocycles. The van der Waals surface area contributed by atoms with Gasteiger partial charge in [0.15, 0.2) is 0 Å². The molecule has 144 valence electrons. The van der Waals surface area contributed by atoms with Crippen LogP contribution < -0.4 is 21.3 Å². The van der Waals surface area contributed by atoms with Crippen LogP contribution in [0.15, 0.2) is 42.5 Å². The van der Waals surface area contributed by atoms with E-state index in [1.54, 1.807) is 13.0 Å². The molecule has 8 heteroatoms. The normalized spacial score (nSPS) is 13.8. The third kappa shape index (κ3) is 4.49. The maximum Gasteiger partial charge on any atom is 0.326 e. The fraction of sp³-hybridized carbons (Fsp3) is 0.263. The molecule has 0 fully saturated rings. The van der Waals surface area contributed by atoms with E-state index in [1.165, 1.54) is 18.2 Å². The van der Waals surface area contributed by atoms with Crippen LogP contribution in [0.5, 0.6) is 0 Å². The number of hydrogen-bond donors (Lipinski definition) is 3. The molecule has 0 saturated heterocycles. The van der Waals surface area contributed by atoms with Gasteiger partial charge in [-0.25, -0.2) is 9.18 Å². The van der Waals surface area contributed by atoms with Crippen molar-refractivity contribution < 1.29 is 14.0 Å². The fourth-order valence-corrected chi connectivity index (χ4v) is 3.16. The average Bonchev–Trinajstić information content (AvgIpc) is 2.63. The van der Waals surface area contributed by atoms with Crippen molar-refractivity contribution in [1.82, 2.24) is 5.32 Å². The minimum Gasteiger partial charge on any atom is -0.398 e. The molecule has 2 aromatic rings. The van der Waals surface area contributed by atoms with Gasteiger partial charge in [-0.2, -0.15) is 0 Å². The van der Waals surface area contributed by atoms with E-state index in [4.69, 9.17) is 5.73 Å². The highest BCUT2D eigenvalue weighted by Crippen LogP contribution is 2.32. The Labute approximate surface area is 163 Å². The molecule has 1 aliphatic rings. The van der Waals surface area contributed by atoms with Gasteiger partial charge in [-0.15, -0.1) is 12.4 Å². The largest absolute Gasteiger partial charge is 0.398 e. The first kappa shape index (κ1) is 20.5. The number of anilines is 3. The van der Waals surface area contributed by atoms with Gasteiger partial charge in [0.2, 0.25) is 5.91 Å². The second-order valence-corrected chi connectivity index (χ2v) is 6.24. The quantitative estimate of drug-likeness (QED) is 0.699. The number of nitrogen functional groups attached to an aromatic ring is 1. The molecular weight excluding hydrogens is 371 g/mol. The van der Waals surface area contributed by atoms with Gasteiger partial charge in [0, 0.05) is 17.9 Å². The molecular formula is C19H22ClFN4O2. The number of hydrogen-bond acceptors (Lipinski definition) is 4. The number of para-hydroxylation sites is 1. The number of halogens is 2. The summed E-state index contributed by atoms with van der Waals surface area (Å²) in [6.45, 7) is 2.42. The summed E-state index contributed by atoms with van der Waals surface area (Å²) in [5.41, 5.74) is 8.69. The number of fused-ring (bicyclic) bond motifs is 1. The Kier molecular flexibility index (Phi) is 6.63. The molecule has 1 unspecified atom stereocenters. The molecule has 0 spiro atoms. The van der Waals surface area contributed by atoms with E-state index in [1.807, 2.05) is 23.1 Å². The number of amides is 3. The summed E-state index contributed by atoms with van der Waals surface area (Å²) in [5.74, 6) is -1.03. The van der Waals surface area contributed by atoms with E-state index < -0.39 is 23.8 Å². The molecule has 27 heavy (non-hydrogen) atoms. The summed E-state index contributed by atoms with van der Waals surface area (Å²) in [5, 5.41) is 4.61. The minimum atomic E-state index is -0.767. The minimum absolute atomic E-state index is 0. The van der Waals surface area contributed by atoms with Crippen molar-refractivity contribution in [2.75, 3.05) is 22.5 Å². The first-order valence-corrected chi connectivity index (χ1v) is 8.47. The van der Waals surface area contributed by atoms with Gasteiger partial charge in [0.25, 0.3) is 0 Å². The summed E-state index contributed by atoms with van der Waals surface area (Å²) in [6, 6.07) is 10.1. The predicted molar refractivity (Wildman–Crippen MR) is 107 cm³/mol. The molecule has 1 aliphatic heterocycles. The maximum atomic E-state index is 13.6. The number of nitrogens with zero attached hydrogens (tertiary/aromatic N) is 1. The fourth-order valence-electron chi connectivity index (χ4n) is 3.16. The van der Waals surface area contributed by atoms with Crippen LogP contribution in [0.2, 0.25) is 0 Å². The maximum absolute atomic E-state index is 13.6. The van der Waals surface area contributed by atoms with E-state index in [9.17, 15) is 14.0 Å². The Hall–Kier alpha value is -2.80. The zero-order valence-corrected chi connectivity index (χ0v) is 15.7. The molecule has 0 aliphatic carbocycles. The van der Waals surface area contributed by atoms with Gasteiger partial charge in [0.05, 0.1) is 5.69 Å². The standard InChI is InChI=1S/C19H21FN4O2.ClH/c1-12(24-11-5-6-13-15(21)8-4-10-17(13)24)18(25)23-19(26)22-16-9-3-2-7-14(16)20;/h2-4,7-10,12H,5-6,11,21H2,1H3,(H2,22,23,25,26);1H. The van der Waals surface area contributed by atoms with Crippen molar-refractivity contribution in [2.24, 2.45) is 0 Å². The lowest BCUT2D eigenvalue weighted by Gasteiger charge is -2.35. The number of carbonyl (C=O) groups is 2. The van der Waals surface area contributed by atoms with Gasteiger partial charge in [-0.1, -0.05) is 18.2 Å². The van der Waals surface area contributed by atoms with Crippen LogP contribution in [0.1, 0.15) is 18.9 Å². The number of imide groups is 1. The third-order valence-corrected chi connectivity index (χ3v) is 4.53. The Bertz CT molecular complexity index is 846. The summed E-state index contributed by atoms with van der Waals surface area (Å²) in [4.78, 5) is 26.4. The molecule has 6 nitrogen and oxygen atoms in total. The topological polar surface area (TPSA) is 87.5 Å². The highest BCUT2D eigenvalue weighted by molar-refractivity contribution is 6.03. The van der Waals surface area contributed by atoms with Gasteiger partial charge in [-0.05, 0) is 49.6 Å². The van der Waals surface area contributed by atoms with E-state index in [-0.39, 0.29) is 18.1 Å². The van der Waals surface area contributed by atoms with Gasteiger partial charge >= 0.3 is 6.03 Å². The third-order valence-electron chi connectivity index (χ3n) is 4.53. The second-order valence-electron chi connectivity index (χ2n) is 6.24. The molecule has 0 aromatic heterocycles. The van der Waals surface area contributed by atoms with Crippen molar-refractivity contribution in [2.45, 2.75) is 25.8 Å². The van der Waals surface area contributed by atoms with E-state index in [0.717, 1.165) is 24.1 Å². The van der Waals surface area contributed by atoms with Crippen LogP contribution >= 0.6 is 12.4 Å². The molecule has 3 amide bonds. The Morgan fingerprint density at radius 3 is 2.67 bits per heavy atom. The lowest BCUT2D eigenvalue weighted by Crippen LogP contribution is -2.49. The van der Waals surface area contributed by atoms with E-state index in [2.05, 4.69) is 10.6 Å². The Morgan fingerprint density at radius 2 is 1.93 bits per heavy atom. The summed E-state index contributed by atoms with van der Waals surface area (Å²) in [7, 11) is 0. The SMILES string of the molecule is CC(C(=O)NC(=O)Nc1ccccc1F)N1CCCc2c(N)cccc21.Cl. The first-order valence-electron chi connectivity index (χ1n) is 8.47.